The molecule has 0 aromatic heterocycles. The summed E-state index contributed by atoms with van der Waals surface area (Å²) in [6.45, 7) is 1.03. The number of hydrogen-bond acceptors (Lipinski definition) is 3. The predicted molar refractivity (Wildman–Crippen MR) is 126 cm³/mol. The van der Waals surface area contributed by atoms with E-state index in [0.29, 0.717) is 37.0 Å². The van der Waals surface area contributed by atoms with Crippen LogP contribution >= 0.6 is 0 Å². The molecule has 170 valence electrons. The molecule has 0 spiro atoms. The predicted octanol–water partition coefficient (Wildman–Crippen LogP) is 6.00. The number of ketones is 2. The minimum Gasteiger partial charge on any atom is -0.310 e. The van der Waals surface area contributed by atoms with Crippen LogP contribution in [0.3, 0.4) is 0 Å². The summed E-state index contributed by atoms with van der Waals surface area (Å²) in [6, 6.07) is 10.4. The second-order valence-corrected chi connectivity index (χ2v) is 10.4. The molecule has 3 aliphatic carbocycles. The molecule has 0 saturated heterocycles. The number of carbonyl (C=O) groups is 2. The maximum Gasteiger partial charge on any atom is 0.157 e. The first-order chi connectivity index (χ1) is 15.2. The molecule has 3 nitrogen and oxygen atoms in total. The van der Waals surface area contributed by atoms with Gasteiger partial charge in [-0.2, -0.15) is 0 Å². The maximum atomic E-state index is 13.4. The molecule has 3 aliphatic rings. The van der Waals surface area contributed by atoms with Crippen LogP contribution in [0.1, 0.15) is 95.5 Å². The molecule has 3 saturated carbocycles. The zero-order chi connectivity index (χ0) is 21.5. The van der Waals surface area contributed by atoms with Crippen LogP contribution in [0.2, 0.25) is 0 Å². The fraction of sp³-hybridized carbons (Fsp3) is 0.714. The second kappa shape index (κ2) is 10.9. The molecule has 1 aromatic rings. The Balaban J connectivity index is 1.30. The number of Topliss-reactive ketones (excluding diaryl/α,β-unsaturated/α-hetero) is 2. The summed E-state index contributed by atoms with van der Waals surface area (Å²) in [5.41, 5.74) is 0.854. The Morgan fingerprint density at radius 3 is 2.26 bits per heavy atom. The third-order valence-corrected chi connectivity index (χ3v) is 8.64. The van der Waals surface area contributed by atoms with Crippen LogP contribution in [0.25, 0.3) is 0 Å². The molecule has 3 unspecified atom stereocenters. The molecule has 1 N–H and O–H groups in total. The topological polar surface area (TPSA) is 46.2 Å². The molecular weight excluding hydrogens is 382 g/mol. The van der Waals surface area contributed by atoms with Gasteiger partial charge in [0.25, 0.3) is 0 Å². The Morgan fingerprint density at radius 2 is 1.52 bits per heavy atom. The van der Waals surface area contributed by atoms with Crippen molar-refractivity contribution in [3.05, 3.63) is 35.9 Å². The molecule has 0 heterocycles. The lowest BCUT2D eigenvalue weighted by atomic mass is 9.66. The summed E-state index contributed by atoms with van der Waals surface area (Å²) >= 11 is 0. The largest absolute Gasteiger partial charge is 0.310 e. The normalized spacial score (nSPS) is 28.3. The van der Waals surface area contributed by atoms with Crippen LogP contribution in [0.15, 0.2) is 30.3 Å². The van der Waals surface area contributed by atoms with Gasteiger partial charge in [0.15, 0.2) is 5.78 Å². The summed E-state index contributed by atoms with van der Waals surface area (Å²) in [4.78, 5) is 26.5. The zero-order valence-corrected chi connectivity index (χ0v) is 19.2. The summed E-state index contributed by atoms with van der Waals surface area (Å²) in [5.74, 6) is 2.46. The van der Waals surface area contributed by atoms with E-state index in [1.54, 1.807) is 0 Å². The van der Waals surface area contributed by atoms with Gasteiger partial charge in [0.1, 0.15) is 5.78 Å². The van der Waals surface area contributed by atoms with E-state index < -0.39 is 0 Å². The molecule has 31 heavy (non-hydrogen) atoms. The molecule has 0 amide bonds. The monoisotopic (exact) mass is 423 g/mol. The van der Waals surface area contributed by atoms with Crippen LogP contribution in [0.5, 0.6) is 0 Å². The van der Waals surface area contributed by atoms with Crippen molar-refractivity contribution in [3.8, 4) is 0 Å². The Labute approximate surface area is 188 Å². The lowest BCUT2D eigenvalue weighted by Gasteiger charge is -2.36. The molecule has 3 fully saturated rings. The third kappa shape index (κ3) is 5.30. The first-order valence-corrected chi connectivity index (χ1v) is 13.0. The second-order valence-electron chi connectivity index (χ2n) is 10.4. The van der Waals surface area contributed by atoms with Gasteiger partial charge in [0, 0.05) is 18.9 Å². The number of benzene rings is 1. The Morgan fingerprint density at radius 1 is 0.839 bits per heavy atom. The summed E-state index contributed by atoms with van der Waals surface area (Å²) in [7, 11) is 0. The molecule has 3 atom stereocenters. The molecule has 1 aromatic carbocycles. The van der Waals surface area contributed by atoms with Crippen molar-refractivity contribution in [1.29, 1.82) is 0 Å². The summed E-state index contributed by atoms with van der Waals surface area (Å²) < 4.78 is 0. The quantitative estimate of drug-likeness (QED) is 0.521. The van der Waals surface area contributed by atoms with E-state index in [1.807, 2.05) is 6.07 Å². The van der Waals surface area contributed by atoms with Crippen molar-refractivity contribution in [2.24, 2.45) is 17.8 Å². The Kier molecular flexibility index (Phi) is 7.98. The van der Waals surface area contributed by atoms with Gasteiger partial charge in [0.05, 0.1) is 12.0 Å². The van der Waals surface area contributed by atoms with Gasteiger partial charge in [0.2, 0.25) is 0 Å². The summed E-state index contributed by atoms with van der Waals surface area (Å²) in [5, 5.41) is 3.36. The average Bonchev–Trinajstić information content (AvgIpc) is 3.05. The number of hydrogen-bond donors (Lipinski definition) is 1. The molecule has 4 rings (SSSR count). The van der Waals surface area contributed by atoms with Crippen LogP contribution < -0.4 is 5.32 Å². The van der Waals surface area contributed by atoms with Crippen LogP contribution in [-0.4, -0.2) is 24.7 Å². The van der Waals surface area contributed by atoms with E-state index in [0.717, 1.165) is 38.0 Å². The minimum atomic E-state index is -0.326. The van der Waals surface area contributed by atoms with Gasteiger partial charge in [-0.3, -0.25) is 9.59 Å². The van der Waals surface area contributed by atoms with Crippen LogP contribution in [0, 0.1) is 17.8 Å². The highest BCUT2D eigenvalue weighted by molar-refractivity contribution is 5.92. The zero-order valence-electron chi connectivity index (χ0n) is 19.2. The highest BCUT2D eigenvalue weighted by Gasteiger charge is 2.40. The van der Waals surface area contributed by atoms with Gasteiger partial charge in [-0.15, -0.1) is 0 Å². The van der Waals surface area contributed by atoms with Crippen LogP contribution in [-0.2, 0) is 15.0 Å². The van der Waals surface area contributed by atoms with Gasteiger partial charge >= 0.3 is 0 Å². The van der Waals surface area contributed by atoms with Gasteiger partial charge in [-0.05, 0) is 43.1 Å². The van der Waals surface area contributed by atoms with Gasteiger partial charge in [-0.1, -0.05) is 88.1 Å². The van der Waals surface area contributed by atoms with E-state index >= 15 is 0 Å². The molecule has 0 aliphatic heterocycles. The van der Waals surface area contributed by atoms with Crippen molar-refractivity contribution < 1.29 is 9.59 Å². The Bertz CT molecular complexity index is 722. The minimum absolute atomic E-state index is 0.277. The molecule has 0 radical (unpaired) electrons. The highest BCUT2D eigenvalue weighted by Crippen LogP contribution is 2.43. The smallest absolute Gasteiger partial charge is 0.157 e. The fourth-order valence-corrected chi connectivity index (χ4v) is 6.92. The molecule has 3 heteroatoms. The van der Waals surface area contributed by atoms with E-state index in [-0.39, 0.29) is 11.3 Å². The molecular formula is C28H41NO2. The number of nitrogens with one attached hydrogen (secondary N) is 1. The maximum absolute atomic E-state index is 13.4. The van der Waals surface area contributed by atoms with Gasteiger partial charge in [-0.25, -0.2) is 0 Å². The van der Waals surface area contributed by atoms with Crippen molar-refractivity contribution in [1.82, 2.24) is 5.32 Å². The first-order valence-electron chi connectivity index (χ1n) is 13.0. The number of rotatable bonds is 8. The van der Waals surface area contributed by atoms with Gasteiger partial charge < -0.3 is 5.32 Å². The lowest BCUT2D eigenvalue weighted by molar-refractivity contribution is -0.127. The highest BCUT2D eigenvalue weighted by atomic mass is 16.1. The van der Waals surface area contributed by atoms with E-state index in [1.165, 1.54) is 56.9 Å². The van der Waals surface area contributed by atoms with E-state index in [2.05, 4.69) is 29.6 Å². The standard InChI is InChI=1S/C28H41NO2/c30-26(25-16-8-6-12-22-11-5-7-15-24(22)25)17-20-29-21-27(31)28(18-9-2-10-19-28)23-13-3-1-4-14-23/h1,3-4,13-14,22,24-25,29H,2,5-12,15-21H2. The average molecular weight is 424 g/mol. The molecule has 0 bridgehead atoms. The van der Waals surface area contributed by atoms with Crippen molar-refractivity contribution in [3.63, 3.8) is 0 Å². The third-order valence-electron chi connectivity index (χ3n) is 8.64. The number of fused-ring (bicyclic) bond motifs is 1. The first kappa shape index (κ1) is 22.7. The number of carbonyl (C=O) groups excluding carboxylic acids is 2. The lowest BCUT2D eigenvalue weighted by Crippen LogP contribution is -2.43. The van der Waals surface area contributed by atoms with E-state index in [4.69, 9.17) is 0 Å². The van der Waals surface area contributed by atoms with Crippen molar-refractivity contribution >= 4 is 11.6 Å². The van der Waals surface area contributed by atoms with Crippen LogP contribution in [0.4, 0.5) is 0 Å². The SMILES string of the molecule is O=C(CCNCC(=O)C1(c2ccccc2)CCCCC1)C1CCCCC2CCCCC21. The van der Waals surface area contributed by atoms with Crippen molar-refractivity contribution in [2.75, 3.05) is 13.1 Å². The van der Waals surface area contributed by atoms with Crippen molar-refractivity contribution in [2.45, 2.75) is 95.3 Å². The van der Waals surface area contributed by atoms with E-state index in [9.17, 15) is 9.59 Å². The summed E-state index contributed by atoms with van der Waals surface area (Å²) in [6.07, 6.45) is 16.2. The fourth-order valence-electron chi connectivity index (χ4n) is 6.92. The Hall–Kier alpha value is -1.48.